The summed E-state index contributed by atoms with van der Waals surface area (Å²) in [7, 11) is 0. The van der Waals surface area contributed by atoms with Crippen LogP contribution >= 0.6 is 0 Å². The lowest BCUT2D eigenvalue weighted by Gasteiger charge is -2.21. The van der Waals surface area contributed by atoms with E-state index in [1.807, 2.05) is 18.2 Å². The van der Waals surface area contributed by atoms with Crippen LogP contribution < -0.4 is 0 Å². The molecule has 0 unspecified atom stereocenters. The molecule has 0 aliphatic heterocycles. The maximum atomic E-state index is 13.8. The Labute approximate surface area is 203 Å². The first-order valence-corrected chi connectivity index (χ1v) is 12.1. The molecular formula is C30H27F5. The van der Waals surface area contributed by atoms with Crippen LogP contribution in [0.1, 0.15) is 72.4 Å². The van der Waals surface area contributed by atoms with Gasteiger partial charge in [-0.25, -0.2) is 8.78 Å². The Balaban J connectivity index is 1.51. The SMILES string of the molecule is CCCCCCCc1ccc2c(c1)CCc1cc(C#Cc3cc(F)c(C(F)(F)F)c(F)c3)ccc1-2. The fourth-order valence-corrected chi connectivity index (χ4v) is 4.68. The van der Waals surface area contributed by atoms with E-state index in [0.29, 0.717) is 17.7 Å². The van der Waals surface area contributed by atoms with Crippen LogP contribution in [-0.4, -0.2) is 0 Å². The fraction of sp³-hybridized carbons (Fsp3) is 0.333. The van der Waals surface area contributed by atoms with Gasteiger partial charge in [0.1, 0.15) is 17.2 Å². The Bertz CT molecular complexity index is 1250. The van der Waals surface area contributed by atoms with E-state index in [9.17, 15) is 22.0 Å². The van der Waals surface area contributed by atoms with Gasteiger partial charge in [0.15, 0.2) is 0 Å². The summed E-state index contributed by atoms with van der Waals surface area (Å²) in [5, 5.41) is 0. The molecule has 0 N–H and O–H groups in total. The van der Waals surface area contributed by atoms with Gasteiger partial charge in [-0.05, 0) is 77.8 Å². The first kappa shape index (κ1) is 25.0. The summed E-state index contributed by atoms with van der Waals surface area (Å²) in [4.78, 5) is 0. The van der Waals surface area contributed by atoms with Crippen molar-refractivity contribution in [3.05, 3.63) is 93.5 Å². The topological polar surface area (TPSA) is 0 Å². The van der Waals surface area contributed by atoms with Crippen molar-refractivity contribution < 1.29 is 22.0 Å². The Morgan fingerprint density at radius 3 is 1.97 bits per heavy atom. The molecule has 3 aromatic rings. The average Bonchev–Trinajstić information content (AvgIpc) is 2.81. The Hall–Kier alpha value is -3.13. The predicted molar refractivity (Wildman–Crippen MR) is 129 cm³/mol. The van der Waals surface area contributed by atoms with Gasteiger partial charge in [-0.1, -0.05) is 68.7 Å². The van der Waals surface area contributed by atoms with Crippen LogP contribution in [0.5, 0.6) is 0 Å². The normalized spacial score (nSPS) is 12.5. The van der Waals surface area contributed by atoms with Crippen LogP contribution in [0.3, 0.4) is 0 Å². The molecule has 1 aliphatic rings. The molecule has 0 nitrogen and oxygen atoms in total. The molecule has 0 bridgehead atoms. The van der Waals surface area contributed by atoms with Crippen LogP contribution in [0.4, 0.5) is 22.0 Å². The summed E-state index contributed by atoms with van der Waals surface area (Å²) in [6.07, 6.45) is 4.12. The number of hydrogen-bond donors (Lipinski definition) is 0. The van der Waals surface area contributed by atoms with Gasteiger partial charge < -0.3 is 0 Å². The molecule has 0 saturated heterocycles. The lowest BCUT2D eigenvalue weighted by Crippen LogP contribution is -2.11. The van der Waals surface area contributed by atoms with Gasteiger partial charge in [0.05, 0.1) is 0 Å². The van der Waals surface area contributed by atoms with Crippen molar-refractivity contribution in [3.8, 4) is 23.0 Å². The van der Waals surface area contributed by atoms with Crippen LogP contribution in [0.25, 0.3) is 11.1 Å². The highest BCUT2D eigenvalue weighted by Crippen LogP contribution is 2.35. The molecule has 5 heteroatoms. The highest BCUT2D eigenvalue weighted by atomic mass is 19.4. The zero-order valence-electron chi connectivity index (χ0n) is 19.7. The minimum Gasteiger partial charge on any atom is -0.206 e. The fourth-order valence-electron chi connectivity index (χ4n) is 4.68. The van der Waals surface area contributed by atoms with Gasteiger partial charge in [0, 0.05) is 11.1 Å². The van der Waals surface area contributed by atoms with E-state index in [-0.39, 0.29) is 5.56 Å². The number of aryl methyl sites for hydroxylation is 3. The molecule has 0 fully saturated rings. The third-order valence-corrected chi connectivity index (χ3v) is 6.47. The van der Waals surface area contributed by atoms with Gasteiger partial charge in [0.2, 0.25) is 0 Å². The van der Waals surface area contributed by atoms with E-state index in [4.69, 9.17) is 0 Å². The molecule has 4 rings (SSSR count). The van der Waals surface area contributed by atoms with Crippen LogP contribution in [0.2, 0.25) is 0 Å². The molecule has 35 heavy (non-hydrogen) atoms. The van der Waals surface area contributed by atoms with E-state index in [1.54, 1.807) is 0 Å². The van der Waals surface area contributed by atoms with Gasteiger partial charge >= 0.3 is 6.18 Å². The summed E-state index contributed by atoms with van der Waals surface area (Å²) in [6, 6.07) is 13.7. The summed E-state index contributed by atoms with van der Waals surface area (Å²) >= 11 is 0. The number of benzene rings is 3. The first-order valence-electron chi connectivity index (χ1n) is 12.1. The molecule has 0 spiro atoms. The Morgan fingerprint density at radius 2 is 1.31 bits per heavy atom. The molecule has 0 aromatic heterocycles. The highest BCUT2D eigenvalue weighted by Gasteiger charge is 2.37. The number of rotatable bonds is 6. The monoisotopic (exact) mass is 482 g/mol. The van der Waals surface area contributed by atoms with E-state index in [1.165, 1.54) is 48.8 Å². The lowest BCUT2D eigenvalue weighted by atomic mass is 9.83. The number of alkyl halides is 3. The van der Waals surface area contributed by atoms with E-state index in [2.05, 4.69) is 37.0 Å². The van der Waals surface area contributed by atoms with Gasteiger partial charge in [-0.15, -0.1) is 0 Å². The highest BCUT2D eigenvalue weighted by molar-refractivity contribution is 5.74. The van der Waals surface area contributed by atoms with Gasteiger partial charge in [0.25, 0.3) is 0 Å². The second kappa shape index (κ2) is 10.6. The van der Waals surface area contributed by atoms with Crippen molar-refractivity contribution in [3.63, 3.8) is 0 Å². The largest absolute Gasteiger partial charge is 0.422 e. The average molecular weight is 483 g/mol. The van der Waals surface area contributed by atoms with E-state index in [0.717, 1.165) is 30.4 Å². The zero-order valence-corrected chi connectivity index (χ0v) is 19.7. The van der Waals surface area contributed by atoms with Crippen LogP contribution in [0.15, 0.2) is 48.5 Å². The Morgan fingerprint density at radius 1 is 0.714 bits per heavy atom. The van der Waals surface area contributed by atoms with Crippen LogP contribution in [-0.2, 0) is 25.4 Å². The van der Waals surface area contributed by atoms with Gasteiger partial charge in [-0.3, -0.25) is 0 Å². The van der Waals surface area contributed by atoms with E-state index >= 15 is 0 Å². The number of hydrogen-bond acceptors (Lipinski definition) is 0. The predicted octanol–water partition coefficient (Wildman–Crippen LogP) is 8.66. The maximum absolute atomic E-state index is 13.8. The number of unbranched alkanes of at least 4 members (excludes halogenated alkanes) is 4. The minimum absolute atomic E-state index is 0.140. The third-order valence-electron chi connectivity index (χ3n) is 6.47. The third kappa shape index (κ3) is 5.93. The molecule has 0 saturated carbocycles. The molecule has 0 radical (unpaired) electrons. The molecule has 182 valence electrons. The lowest BCUT2D eigenvalue weighted by molar-refractivity contribution is -0.142. The molecule has 0 amide bonds. The zero-order chi connectivity index (χ0) is 25.0. The van der Waals surface area contributed by atoms with Crippen molar-refractivity contribution in [2.24, 2.45) is 0 Å². The summed E-state index contributed by atoms with van der Waals surface area (Å²) in [5.74, 6) is 2.09. The molecule has 1 aliphatic carbocycles. The first-order chi connectivity index (χ1) is 16.8. The molecule has 3 aromatic carbocycles. The Kier molecular flexibility index (Phi) is 7.60. The molecular weight excluding hydrogens is 455 g/mol. The molecule has 0 heterocycles. The van der Waals surface area contributed by atoms with Crippen molar-refractivity contribution in [2.45, 2.75) is 64.5 Å². The summed E-state index contributed by atoms with van der Waals surface area (Å²) < 4.78 is 65.9. The van der Waals surface area contributed by atoms with Crippen molar-refractivity contribution >= 4 is 0 Å². The minimum atomic E-state index is -5.09. The van der Waals surface area contributed by atoms with Crippen molar-refractivity contribution in [1.29, 1.82) is 0 Å². The number of fused-ring (bicyclic) bond motifs is 3. The second-order valence-corrected chi connectivity index (χ2v) is 9.09. The summed E-state index contributed by atoms with van der Waals surface area (Å²) in [5.41, 5.74) is 4.84. The van der Waals surface area contributed by atoms with Gasteiger partial charge in [-0.2, -0.15) is 13.2 Å². The van der Waals surface area contributed by atoms with E-state index < -0.39 is 23.4 Å². The quantitative estimate of drug-likeness (QED) is 0.187. The second-order valence-electron chi connectivity index (χ2n) is 9.09. The van der Waals surface area contributed by atoms with Crippen LogP contribution in [0, 0.1) is 23.5 Å². The van der Waals surface area contributed by atoms with Crippen molar-refractivity contribution in [2.75, 3.05) is 0 Å². The van der Waals surface area contributed by atoms with Crippen molar-refractivity contribution in [1.82, 2.24) is 0 Å². The number of halogens is 5. The smallest absolute Gasteiger partial charge is 0.206 e. The standard InChI is InChI=1S/C30H27F5/c1-2-3-4-5-6-7-20-10-14-25-23(16-20)12-13-24-17-21(11-15-26(24)25)8-9-22-18-27(31)29(28(32)19-22)30(33,34)35/h10-11,14-19H,2-7,12-13H2,1H3. The maximum Gasteiger partial charge on any atom is 0.422 e. The summed E-state index contributed by atoms with van der Waals surface area (Å²) in [6.45, 7) is 2.22. The molecule has 0 atom stereocenters.